The van der Waals surface area contributed by atoms with E-state index in [0.717, 1.165) is 16.5 Å². The summed E-state index contributed by atoms with van der Waals surface area (Å²) >= 11 is 0. The topological polar surface area (TPSA) is 68.5 Å². The molecule has 0 atom stereocenters. The normalized spacial score (nSPS) is 10.8. The quantitative estimate of drug-likeness (QED) is 0.634. The van der Waals surface area contributed by atoms with Crippen molar-refractivity contribution >= 4 is 16.9 Å². The minimum Gasteiger partial charge on any atom is -0.497 e. The molecule has 0 fully saturated rings. The van der Waals surface area contributed by atoms with Crippen LogP contribution in [0.15, 0.2) is 51.7 Å². The molecule has 0 saturated heterocycles. The SMILES string of the molecule is COc1ccc2c(C)c(CCC(=O)NCCc3ccc(F)cc3)c(=O)oc2c1. The van der Waals surface area contributed by atoms with Gasteiger partial charge in [-0.05, 0) is 55.2 Å². The summed E-state index contributed by atoms with van der Waals surface area (Å²) in [5.74, 6) is 0.190. The lowest BCUT2D eigenvalue weighted by molar-refractivity contribution is -0.121. The number of aryl methyl sites for hydroxylation is 1. The van der Waals surface area contributed by atoms with Gasteiger partial charge in [0.05, 0.1) is 7.11 Å². The average Bonchev–Trinajstić information content (AvgIpc) is 2.68. The molecule has 146 valence electrons. The lowest BCUT2D eigenvalue weighted by Gasteiger charge is -2.09. The number of hydrogen-bond acceptors (Lipinski definition) is 4. The highest BCUT2D eigenvalue weighted by Gasteiger charge is 2.13. The van der Waals surface area contributed by atoms with Crippen molar-refractivity contribution in [2.75, 3.05) is 13.7 Å². The summed E-state index contributed by atoms with van der Waals surface area (Å²) < 4.78 is 23.4. The predicted octanol–water partition coefficient (Wildman–Crippen LogP) is 3.54. The van der Waals surface area contributed by atoms with Gasteiger partial charge in [0.25, 0.3) is 0 Å². The van der Waals surface area contributed by atoms with E-state index >= 15 is 0 Å². The second-order valence-electron chi connectivity index (χ2n) is 6.58. The van der Waals surface area contributed by atoms with Crippen LogP contribution in [-0.4, -0.2) is 19.6 Å². The van der Waals surface area contributed by atoms with Crippen molar-refractivity contribution in [3.63, 3.8) is 0 Å². The second-order valence-corrected chi connectivity index (χ2v) is 6.58. The standard InChI is InChI=1S/C22H22FNO4/c1-14-18-8-7-17(27-2)13-20(18)28-22(26)19(14)9-10-21(25)24-12-11-15-3-5-16(23)6-4-15/h3-8,13H,9-12H2,1-2H3,(H,24,25). The molecule has 0 saturated carbocycles. The van der Waals surface area contributed by atoms with Gasteiger partial charge in [-0.2, -0.15) is 0 Å². The van der Waals surface area contributed by atoms with Crippen LogP contribution < -0.4 is 15.7 Å². The third-order valence-corrected chi connectivity index (χ3v) is 4.75. The van der Waals surface area contributed by atoms with E-state index in [1.165, 1.54) is 12.1 Å². The maximum atomic E-state index is 12.9. The van der Waals surface area contributed by atoms with Crippen molar-refractivity contribution in [2.24, 2.45) is 0 Å². The minimum absolute atomic E-state index is 0.143. The van der Waals surface area contributed by atoms with Crippen LogP contribution in [0.25, 0.3) is 11.0 Å². The minimum atomic E-state index is -0.433. The summed E-state index contributed by atoms with van der Waals surface area (Å²) in [5, 5.41) is 3.65. The summed E-state index contributed by atoms with van der Waals surface area (Å²) in [6, 6.07) is 11.5. The number of amides is 1. The zero-order chi connectivity index (χ0) is 20.1. The summed E-state index contributed by atoms with van der Waals surface area (Å²) in [7, 11) is 1.55. The monoisotopic (exact) mass is 383 g/mol. The zero-order valence-electron chi connectivity index (χ0n) is 15.9. The van der Waals surface area contributed by atoms with Gasteiger partial charge in [0, 0.05) is 30.0 Å². The van der Waals surface area contributed by atoms with Crippen LogP contribution in [0.3, 0.4) is 0 Å². The molecule has 1 heterocycles. The first-order valence-corrected chi connectivity index (χ1v) is 9.09. The molecule has 2 aromatic carbocycles. The maximum Gasteiger partial charge on any atom is 0.339 e. The molecule has 0 aliphatic carbocycles. The molecule has 1 aromatic heterocycles. The molecule has 0 radical (unpaired) electrons. The van der Waals surface area contributed by atoms with Crippen LogP contribution in [0.2, 0.25) is 0 Å². The van der Waals surface area contributed by atoms with E-state index in [-0.39, 0.29) is 18.1 Å². The number of benzene rings is 2. The maximum absolute atomic E-state index is 12.9. The fraction of sp³-hybridized carbons (Fsp3) is 0.273. The molecule has 0 bridgehead atoms. The third-order valence-electron chi connectivity index (χ3n) is 4.75. The van der Waals surface area contributed by atoms with Crippen molar-refractivity contribution in [3.8, 4) is 5.75 Å². The average molecular weight is 383 g/mol. The Labute approximate surface area is 162 Å². The Morgan fingerprint density at radius 3 is 2.61 bits per heavy atom. The van der Waals surface area contributed by atoms with Gasteiger partial charge in [-0.3, -0.25) is 4.79 Å². The molecule has 5 nitrogen and oxygen atoms in total. The molecule has 1 N–H and O–H groups in total. The molecule has 1 amide bonds. The smallest absolute Gasteiger partial charge is 0.339 e. The summed E-state index contributed by atoms with van der Waals surface area (Å²) in [6.07, 6.45) is 1.11. The second kappa shape index (κ2) is 8.69. The van der Waals surface area contributed by atoms with E-state index in [1.807, 2.05) is 13.0 Å². The molecule has 0 unspecified atom stereocenters. The summed E-state index contributed by atoms with van der Waals surface area (Å²) in [6.45, 7) is 2.31. The number of carbonyl (C=O) groups is 1. The Morgan fingerprint density at radius 2 is 1.89 bits per heavy atom. The van der Waals surface area contributed by atoms with E-state index < -0.39 is 5.63 Å². The van der Waals surface area contributed by atoms with Gasteiger partial charge < -0.3 is 14.5 Å². The first kappa shape index (κ1) is 19.6. The summed E-state index contributed by atoms with van der Waals surface area (Å²) in [5.41, 5.74) is 2.30. The van der Waals surface area contributed by atoms with Crippen LogP contribution in [0, 0.1) is 12.7 Å². The largest absolute Gasteiger partial charge is 0.497 e. The van der Waals surface area contributed by atoms with Gasteiger partial charge >= 0.3 is 5.63 Å². The van der Waals surface area contributed by atoms with Crippen molar-refractivity contribution in [1.82, 2.24) is 5.32 Å². The predicted molar refractivity (Wildman–Crippen MR) is 105 cm³/mol. The van der Waals surface area contributed by atoms with Crippen molar-refractivity contribution in [1.29, 1.82) is 0 Å². The van der Waals surface area contributed by atoms with Crippen molar-refractivity contribution in [2.45, 2.75) is 26.2 Å². The first-order chi connectivity index (χ1) is 13.5. The number of methoxy groups -OCH3 is 1. The van der Waals surface area contributed by atoms with E-state index in [4.69, 9.17) is 9.15 Å². The van der Waals surface area contributed by atoms with Crippen LogP contribution in [0.4, 0.5) is 4.39 Å². The van der Waals surface area contributed by atoms with Gasteiger partial charge in [0.2, 0.25) is 5.91 Å². The van der Waals surface area contributed by atoms with E-state index in [9.17, 15) is 14.0 Å². The van der Waals surface area contributed by atoms with Crippen molar-refractivity contribution < 1.29 is 18.3 Å². The number of fused-ring (bicyclic) bond motifs is 1. The van der Waals surface area contributed by atoms with Crippen LogP contribution >= 0.6 is 0 Å². The van der Waals surface area contributed by atoms with E-state index in [0.29, 0.717) is 36.3 Å². The highest BCUT2D eigenvalue weighted by atomic mass is 19.1. The molecule has 0 aliphatic rings. The fourth-order valence-corrected chi connectivity index (χ4v) is 3.11. The number of nitrogens with one attached hydrogen (secondary N) is 1. The lowest BCUT2D eigenvalue weighted by Crippen LogP contribution is -2.26. The van der Waals surface area contributed by atoms with Gasteiger partial charge in [-0.1, -0.05) is 12.1 Å². The molecule has 28 heavy (non-hydrogen) atoms. The summed E-state index contributed by atoms with van der Waals surface area (Å²) in [4.78, 5) is 24.4. The van der Waals surface area contributed by atoms with Crippen LogP contribution in [-0.2, 0) is 17.6 Å². The Balaban J connectivity index is 1.60. The number of hydrogen-bond donors (Lipinski definition) is 1. The van der Waals surface area contributed by atoms with Crippen LogP contribution in [0.5, 0.6) is 5.75 Å². The molecular weight excluding hydrogens is 361 g/mol. The highest BCUT2D eigenvalue weighted by molar-refractivity contribution is 5.82. The molecular formula is C22H22FNO4. The number of halogens is 1. The number of carbonyl (C=O) groups excluding carboxylic acids is 1. The highest BCUT2D eigenvalue weighted by Crippen LogP contribution is 2.24. The van der Waals surface area contributed by atoms with Gasteiger partial charge in [0.1, 0.15) is 17.1 Å². The Morgan fingerprint density at radius 1 is 1.14 bits per heavy atom. The number of rotatable bonds is 7. The fourth-order valence-electron chi connectivity index (χ4n) is 3.11. The molecule has 3 aromatic rings. The molecule has 0 aliphatic heterocycles. The zero-order valence-corrected chi connectivity index (χ0v) is 15.9. The Kier molecular flexibility index (Phi) is 6.09. The van der Waals surface area contributed by atoms with Gasteiger partial charge in [-0.15, -0.1) is 0 Å². The first-order valence-electron chi connectivity index (χ1n) is 9.09. The molecule has 6 heteroatoms. The van der Waals surface area contributed by atoms with Crippen molar-refractivity contribution in [3.05, 3.63) is 75.4 Å². The number of ether oxygens (including phenoxy) is 1. The Bertz CT molecular complexity index is 1040. The van der Waals surface area contributed by atoms with Gasteiger partial charge in [0.15, 0.2) is 0 Å². The third kappa shape index (κ3) is 4.57. The lowest BCUT2D eigenvalue weighted by atomic mass is 10.0. The van der Waals surface area contributed by atoms with Crippen LogP contribution in [0.1, 0.15) is 23.1 Å². The van der Waals surface area contributed by atoms with E-state index in [2.05, 4.69) is 5.32 Å². The molecule has 0 spiro atoms. The Hall–Kier alpha value is -3.15. The van der Waals surface area contributed by atoms with Gasteiger partial charge in [-0.25, -0.2) is 9.18 Å². The molecule has 3 rings (SSSR count). The van der Waals surface area contributed by atoms with E-state index in [1.54, 1.807) is 31.4 Å².